The van der Waals surface area contributed by atoms with Gasteiger partial charge in [0.25, 0.3) is 11.7 Å². The molecule has 0 radical (unpaired) electrons. The van der Waals surface area contributed by atoms with Crippen molar-refractivity contribution >= 4 is 28.8 Å². The molecule has 1 aliphatic rings. The van der Waals surface area contributed by atoms with Gasteiger partial charge in [-0.1, -0.05) is 25.5 Å². The van der Waals surface area contributed by atoms with Gasteiger partial charge in [0.05, 0.1) is 18.2 Å². The van der Waals surface area contributed by atoms with Crippen molar-refractivity contribution in [3.8, 4) is 5.75 Å². The van der Waals surface area contributed by atoms with E-state index in [1.165, 1.54) is 16.2 Å². The molecule has 3 aromatic rings. The highest BCUT2D eigenvalue weighted by Gasteiger charge is 2.46. The third-order valence-corrected chi connectivity index (χ3v) is 6.56. The zero-order chi connectivity index (χ0) is 23.4. The highest BCUT2D eigenvalue weighted by molar-refractivity contribution is 7.10. The number of hydrogen-bond donors (Lipinski definition) is 1. The lowest BCUT2D eigenvalue weighted by atomic mass is 9.98. The molecule has 7 heteroatoms. The first-order chi connectivity index (χ1) is 16.0. The second-order valence-corrected chi connectivity index (χ2v) is 8.97. The van der Waals surface area contributed by atoms with E-state index in [9.17, 15) is 14.7 Å². The van der Waals surface area contributed by atoms with E-state index in [4.69, 9.17) is 4.74 Å². The normalized spacial score (nSPS) is 17.5. The van der Waals surface area contributed by atoms with Gasteiger partial charge in [-0.05, 0) is 60.2 Å². The molecule has 6 nitrogen and oxygen atoms in total. The van der Waals surface area contributed by atoms with E-state index in [0.29, 0.717) is 12.2 Å². The van der Waals surface area contributed by atoms with Crippen molar-refractivity contribution in [2.75, 3.05) is 6.61 Å². The van der Waals surface area contributed by atoms with E-state index in [2.05, 4.69) is 11.9 Å². The number of likely N-dealkylation sites (tertiary alicyclic amines) is 1. The number of aryl methyl sites for hydroxylation is 1. The van der Waals surface area contributed by atoms with E-state index in [1.807, 2.05) is 30.5 Å². The van der Waals surface area contributed by atoms with Crippen LogP contribution in [0.2, 0.25) is 0 Å². The Kier molecular flexibility index (Phi) is 6.89. The lowest BCUT2D eigenvalue weighted by molar-refractivity contribution is -0.140. The zero-order valence-electron chi connectivity index (χ0n) is 18.7. The summed E-state index contributed by atoms with van der Waals surface area (Å²) in [6.45, 7) is 4.85. The Morgan fingerprint density at radius 3 is 2.73 bits per heavy atom. The van der Waals surface area contributed by atoms with Crippen LogP contribution in [-0.4, -0.2) is 33.3 Å². The van der Waals surface area contributed by atoms with Crippen LogP contribution in [0.3, 0.4) is 0 Å². The maximum absolute atomic E-state index is 13.1. The molecule has 1 saturated heterocycles. The number of carbonyl (C=O) groups is 2. The molecule has 0 unspecified atom stereocenters. The van der Waals surface area contributed by atoms with E-state index >= 15 is 0 Å². The molecule has 1 atom stereocenters. The van der Waals surface area contributed by atoms with Crippen molar-refractivity contribution in [1.82, 2.24) is 9.88 Å². The molecule has 4 rings (SSSR count). The average Bonchev–Trinajstić information content (AvgIpc) is 3.43. The minimum Gasteiger partial charge on any atom is -0.507 e. The van der Waals surface area contributed by atoms with Crippen molar-refractivity contribution in [2.24, 2.45) is 0 Å². The molecule has 33 heavy (non-hydrogen) atoms. The number of pyridine rings is 1. The number of unbranched alkanes of at least 4 members (excludes halogenated alkanes) is 1. The topological polar surface area (TPSA) is 79.7 Å². The Morgan fingerprint density at radius 2 is 2.06 bits per heavy atom. The molecule has 1 aliphatic heterocycles. The Hall–Kier alpha value is -3.45. The molecule has 170 valence electrons. The molecule has 3 heterocycles. The number of benzene rings is 1. The third-order valence-electron chi connectivity index (χ3n) is 5.63. The van der Waals surface area contributed by atoms with Gasteiger partial charge in [0, 0.05) is 29.4 Å². The van der Waals surface area contributed by atoms with Crippen LogP contribution in [0.25, 0.3) is 5.76 Å². The number of aromatic nitrogens is 1. The fraction of sp³-hybridized carbons (Fsp3) is 0.269. The third kappa shape index (κ3) is 4.68. The summed E-state index contributed by atoms with van der Waals surface area (Å²) in [6.07, 6.45) is 5.33. The van der Waals surface area contributed by atoms with Gasteiger partial charge >= 0.3 is 0 Å². The van der Waals surface area contributed by atoms with E-state index in [0.717, 1.165) is 34.6 Å². The van der Waals surface area contributed by atoms with Gasteiger partial charge in [-0.25, -0.2) is 0 Å². The monoisotopic (exact) mass is 462 g/mol. The first kappa shape index (κ1) is 22.7. The molecule has 0 bridgehead atoms. The number of ketones is 1. The van der Waals surface area contributed by atoms with Gasteiger partial charge in [0.1, 0.15) is 11.5 Å². The van der Waals surface area contributed by atoms with Gasteiger partial charge in [0.15, 0.2) is 0 Å². The van der Waals surface area contributed by atoms with Crippen molar-refractivity contribution < 1.29 is 19.4 Å². The Labute approximate surface area is 197 Å². The van der Waals surface area contributed by atoms with Crippen LogP contribution in [0.4, 0.5) is 0 Å². The molecule has 2 aromatic heterocycles. The second kappa shape index (κ2) is 10.0. The van der Waals surface area contributed by atoms with Crippen LogP contribution in [0, 0.1) is 6.92 Å². The lowest BCUT2D eigenvalue weighted by Crippen LogP contribution is -2.28. The molecule has 0 saturated carbocycles. The summed E-state index contributed by atoms with van der Waals surface area (Å²) in [5, 5.41) is 13.1. The molecule has 0 spiro atoms. The van der Waals surface area contributed by atoms with E-state index in [1.54, 1.807) is 36.7 Å². The summed E-state index contributed by atoms with van der Waals surface area (Å²) in [5.41, 5.74) is 2.25. The first-order valence-corrected chi connectivity index (χ1v) is 11.8. The summed E-state index contributed by atoms with van der Waals surface area (Å²) in [7, 11) is 0. The summed E-state index contributed by atoms with van der Waals surface area (Å²) in [6, 6.07) is 12.0. The number of carbonyl (C=O) groups excluding carboxylic acids is 2. The maximum Gasteiger partial charge on any atom is 0.295 e. The van der Waals surface area contributed by atoms with Gasteiger partial charge in [0.2, 0.25) is 0 Å². The highest BCUT2D eigenvalue weighted by Crippen LogP contribution is 2.42. The van der Waals surface area contributed by atoms with Crippen molar-refractivity contribution in [2.45, 2.75) is 39.3 Å². The zero-order valence-corrected chi connectivity index (χ0v) is 19.5. The summed E-state index contributed by atoms with van der Waals surface area (Å²) in [5.74, 6) is -0.749. The van der Waals surface area contributed by atoms with Crippen molar-refractivity contribution in [3.05, 3.63) is 87.4 Å². The fourth-order valence-corrected chi connectivity index (χ4v) is 4.76. The molecule has 0 aliphatic carbocycles. The number of Topliss-reactive ketones (excluding diaryl/α,β-unsaturated/α-hetero) is 1. The standard InChI is InChI=1S/C26H26N2O4S/c1-3-4-12-32-20-10-9-19(14-17(20)2)24(29)22-23(21-8-6-13-33-21)28(26(31)25(22)30)16-18-7-5-11-27-15-18/h5-11,13-15,23,29H,3-4,12,16H2,1-2H3/t23-/m1/s1. The SMILES string of the molecule is CCCCOc1ccc(C(O)=C2C(=O)C(=O)N(Cc3cccnc3)[C@@H]2c2cccs2)cc1C. The Morgan fingerprint density at radius 1 is 1.21 bits per heavy atom. The van der Waals surface area contributed by atoms with E-state index in [-0.39, 0.29) is 17.9 Å². The predicted molar refractivity (Wildman–Crippen MR) is 128 cm³/mol. The van der Waals surface area contributed by atoms with Crippen LogP contribution in [0.1, 0.15) is 47.4 Å². The van der Waals surface area contributed by atoms with Gasteiger partial charge in [-0.2, -0.15) is 0 Å². The fourth-order valence-electron chi connectivity index (χ4n) is 3.91. The average molecular weight is 463 g/mol. The highest BCUT2D eigenvalue weighted by atomic mass is 32.1. The quantitative estimate of drug-likeness (QED) is 0.214. The van der Waals surface area contributed by atoms with Crippen molar-refractivity contribution in [3.63, 3.8) is 0 Å². The van der Waals surface area contributed by atoms with Crippen LogP contribution in [-0.2, 0) is 16.1 Å². The van der Waals surface area contributed by atoms with E-state index < -0.39 is 17.7 Å². The number of rotatable bonds is 8. The molecule has 1 N–H and O–H groups in total. The van der Waals surface area contributed by atoms with Gasteiger partial charge < -0.3 is 14.7 Å². The van der Waals surface area contributed by atoms with Gasteiger partial charge in [-0.15, -0.1) is 11.3 Å². The summed E-state index contributed by atoms with van der Waals surface area (Å²) in [4.78, 5) is 32.6. The number of aliphatic hydroxyl groups excluding tert-OH is 1. The first-order valence-electron chi connectivity index (χ1n) is 11.0. The molecule has 1 amide bonds. The number of hydrogen-bond acceptors (Lipinski definition) is 6. The molecular formula is C26H26N2O4S. The molecule has 1 fully saturated rings. The molecule has 1 aromatic carbocycles. The summed E-state index contributed by atoms with van der Waals surface area (Å²) >= 11 is 1.44. The smallest absolute Gasteiger partial charge is 0.295 e. The second-order valence-electron chi connectivity index (χ2n) is 7.99. The number of ether oxygens (including phenoxy) is 1. The Bertz CT molecular complexity index is 1170. The number of amides is 1. The van der Waals surface area contributed by atoms with Crippen LogP contribution >= 0.6 is 11.3 Å². The number of aliphatic hydroxyl groups is 1. The van der Waals surface area contributed by atoms with Crippen LogP contribution in [0.15, 0.2) is 65.8 Å². The largest absolute Gasteiger partial charge is 0.507 e. The van der Waals surface area contributed by atoms with Crippen LogP contribution in [0.5, 0.6) is 5.75 Å². The minimum absolute atomic E-state index is 0.102. The Balaban J connectivity index is 1.73. The number of thiophene rings is 1. The number of nitrogens with zero attached hydrogens (tertiary/aromatic N) is 2. The summed E-state index contributed by atoms with van der Waals surface area (Å²) < 4.78 is 5.81. The predicted octanol–water partition coefficient (Wildman–Crippen LogP) is 5.25. The van der Waals surface area contributed by atoms with Crippen LogP contribution < -0.4 is 4.74 Å². The maximum atomic E-state index is 13.1. The van der Waals surface area contributed by atoms with Crippen molar-refractivity contribution in [1.29, 1.82) is 0 Å². The molecular weight excluding hydrogens is 436 g/mol. The minimum atomic E-state index is -0.685. The van der Waals surface area contributed by atoms with Gasteiger partial charge in [-0.3, -0.25) is 14.6 Å². The lowest BCUT2D eigenvalue weighted by Gasteiger charge is -2.24.